The van der Waals surface area contributed by atoms with Crippen LogP contribution in [0.1, 0.15) is 102 Å². The Morgan fingerprint density at radius 1 is 0.837 bits per heavy atom. The van der Waals surface area contributed by atoms with Crippen LogP contribution in [0.25, 0.3) is 6.08 Å². The van der Waals surface area contributed by atoms with E-state index >= 15 is 0 Å². The summed E-state index contributed by atoms with van der Waals surface area (Å²) in [7, 11) is 1.39. The van der Waals surface area contributed by atoms with Crippen LogP contribution < -0.4 is 0 Å². The summed E-state index contributed by atoms with van der Waals surface area (Å²) in [5.74, 6) is -1.10. The number of benzene rings is 1. The van der Waals surface area contributed by atoms with E-state index in [0.717, 1.165) is 24.8 Å². The maximum atomic E-state index is 12.4. The number of likely N-dealkylation sites (N-methyl/N-ethyl adjacent to an activating group) is 1. The molecule has 10 heteroatoms. The lowest BCUT2D eigenvalue weighted by Gasteiger charge is -2.24. The fourth-order valence-corrected chi connectivity index (χ4v) is 4.98. The molecule has 0 saturated carbocycles. The lowest BCUT2D eigenvalue weighted by molar-refractivity contribution is -0.870. The van der Waals surface area contributed by atoms with E-state index in [2.05, 4.69) is 6.92 Å². The summed E-state index contributed by atoms with van der Waals surface area (Å²) >= 11 is 0. The van der Waals surface area contributed by atoms with E-state index in [0.29, 0.717) is 11.0 Å². The van der Waals surface area contributed by atoms with Gasteiger partial charge in [0.05, 0.1) is 27.7 Å². The van der Waals surface area contributed by atoms with Gasteiger partial charge in [-0.3, -0.25) is 13.8 Å². The predicted molar refractivity (Wildman–Crippen MR) is 171 cm³/mol. The predicted octanol–water partition coefficient (Wildman–Crippen LogP) is 7.48. The van der Waals surface area contributed by atoms with Crippen LogP contribution in [0.15, 0.2) is 36.4 Å². The lowest BCUT2D eigenvalue weighted by Crippen LogP contribution is -2.37. The molecule has 0 fully saturated rings. The fraction of sp³-hybridized carbons (Fsp3) is 0.697. The number of carbonyl (C=O) groups excluding carboxylic acids is 2. The van der Waals surface area contributed by atoms with Crippen molar-refractivity contribution in [2.24, 2.45) is 0 Å². The zero-order valence-electron chi connectivity index (χ0n) is 27.0. The van der Waals surface area contributed by atoms with E-state index in [-0.39, 0.29) is 19.6 Å². The molecule has 0 bridgehead atoms. The summed E-state index contributed by atoms with van der Waals surface area (Å²) in [6.07, 6.45) is 17.8. The van der Waals surface area contributed by atoms with Gasteiger partial charge in [-0.25, -0.2) is 9.36 Å². The largest absolute Gasteiger partial charge is 0.472 e. The molecule has 0 aromatic heterocycles. The number of ether oxygens (including phenoxy) is 2. The minimum Gasteiger partial charge on any atom is -0.462 e. The molecule has 1 unspecified atom stereocenters. The van der Waals surface area contributed by atoms with Crippen LogP contribution in [0.2, 0.25) is 0 Å². The first-order chi connectivity index (χ1) is 20.5. The zero-order valence-corrected chi connectivity index (χ0v) is 27.9. The van der Waals surface area contributed by atoms with Crippen molar-refractivity contribution >= 4 is 25.8 Å². The van der Waals surface area contributed by atoms with E-state index in [1.54, 1.807) is 6.08 Å². The molecular formula is C33H57NO8P+. The molecule has 1 N–H and O–H groups in total. The number of carbonyl (C=O) groups is 2. The third-order valence-electron chi connectivity index (χ3n) is 6.85. The molecule has 2 atom stereocenters. The van der Waals surface area contributed by atoms with Gasteiger partial charge >= 0.3 is 19.8 Å². The van der Waals surface area contributed by atoms with Gasteiger partial charge in [0.2, 0.25) is 0 Å². The second-order valence-corrected chi connectivity index (χ2v) is 13.5. The third kappa shape index (κ3) is 24.0. The van der Waals surface area contributed by atoms with Gasteiger partial charge in [-0.2, -0.15) is 0 Å². The first-order valence-corrected chi connectivity index (χ1v) is 17.5. The molecule has 9 nitrogen and oxygen atoms in total. The minimum absolute atomic E-state index is 0.00958. The van der Waals surface area contributed by atoms with Gasteiger partial charge < -0.3 is 18.9 Å². The number of unbranched alkanes of at least 4 members (excludes halogenated alkanes) is 12. The Bertz CT molecular complexity index is 948. The number of hydrogen-bond donors (Lipinski definition) is 1. The summed E-state index contributed by atoms with van der Waals surface area (Å²) in [5.41, 5.74) is 0.807. The third-order valence-corrected chi connectivity index (χ3v) is 7.83. The van der Waals surface area contributed by atoms with Crippen molar-refractivity contribution in [3.8, 4) is 0 Å². The number of nitrogens with zero attached hydrogens (tertiary/aromatic N) is 1. The lowest BCUT2D eigenvalue weighted by atomic mass is 10.0. The molecule has 0 aliphatic heterocycles. The average Bonchev–Trinajstić information content (AvgIpc) is 2.95. The molecule has 1 rings (SSSR count). The van der Waals surface area contributed by atoms with Crippen LogP contribution in [-0.2, 0) is 32.7 Å². The zero-order chi connectivity index (χ0) is 31.8. The highest BCUT2D eigenvalue weighted by atomic mass is 31.2. The second-order valence-electron chi connectivity index (χ2n) is 12.1. The van der Waals surface area contributed by atoms with Crippen molar-refractivity contribution in [3.05, 3.63) is 42.0 Å². The Hall–Kier alpha value is -2.03. The number of quaternary nitrogens is 1. The number of hydrogen-bond acceptors (Lipinski definition) is 7. The fourth-order valence-electron chi connectivity index (χ4n) is 4.24. The van der Waals surface area contributed by atoms with E-state index in [1.807, 2.05) is 51.5 Å². The minimum atomic E-state index is -4.39. The molecule has 0 spiro atoms. The summed E-state index contributed by atoms with van der Waals surface area (Å²) in [4.78, 5) is 34.8. The van der Waals surface area contributed by atoms with E-state index in [1.165, 1.54) is 70.3 Å². The van der Waals surface area contributed by atoms with Gasteiger partial charge in [0.1, 0.15) is 19.8 Å². The van der Waals surface area contributed by atoms with Gasteiger partial charge in [-0.15, -0.1) is 0 Å². The molecule has 0 aliphatic carbocycles. The van der Waals surface area contributed by atoms with Crippen LogP contribution in [0.4, 0.5) is 0 Å². The maximum absolute atomic E-state index is 12.4. The molecule has 43 heavy (non-hydrogen) atoms. The normalized spacial score (nSPS) is 14.0. The summed E-state index contributed by atoms with van der Waals surface area (Å²) < 4.78 is 33.7. The number of phosphoric acid groups is 1. The molecule has 246 valence electrons. The van der Waals surface area contributed by atoms with Gasteiger partial charge in [-0.1, -0.05) is 114 Å². The van der Waals surface area contributed by atoms with Crippen molar-refractivity contribution in [3.63, 3.8) is 0 Å². The molecule has 1 aromatic carbocycles. The van der Waals surface area contributed by atoms with Crippen molar-refractivity contribution in [1.29, 1.82) is 0 Å². The van der Waals surface area contributed by atoms with E-state index < -0.39 is 32.5 Å². The SMILES string of the molecule is CCCCCCCCCCCCCCCC(=O)OC[C@H](COP(=O)(O)OCC[N+](C)(C)C)OC(=O)C=Cc1ccccc1. The number of rotatable bonds is 26. The van der Waals surface area contributed by atoms with Gasteiger partial charge in [-0.05, 0) is 18.1 Å². The molecule has 1 aromatic rings. The monoisotopic (exact) mass is 626 g/mol. The maximum Gasteiger partial charge on any atom is 0.472 e. The van der Waals surface area contributed by atoms with E-state index in [9.17, 15) is 19.0 Å². The van der Waals surface area contributed by atoms with Gasteiger partial charge in [0.25, 0.3) is 0 Å². The molecule has 0 radical (unpaired) electrons. The van der Waals surface area contributed by atoms with Crippen molar-refractivity contribution in [2.45, 2.75) is 103 Å². The summed E-state index contributed by atoms with van der Waals surface area (Å²) in [5, 5.41) is 0. The number of phosphoric ester groups is 1. The summed E-state index contributed by atoms with van der Waals surface area (Å²) in [6, 6.07) is 9.22. The highest BCUT2D eigenvalue weighted by Gasteiger charge is 2.26. The topological polar surface area (TPSA) is 108 Å². The highest BCUT2D eigenvalue weighted by molar-refractivity contribution is 7.47. The summed E-state index contributed by atoms with van der Waals surface area (Å²) in [6.45, 7) is 1.99. The first-order valence-electron chi connectivity index (χ1n) is 16.0. The second kappa shape index (κ2) is 23.4. The van der Waals surface area contributed by atoms with Crippen LogP contribution in [-0.4, -0.2) is 74.9 Å². The highest BCUT2D eigenvalue weighted by Crippen LogP contribution is 2.43. The molecular weight excluding hydrogens is 569 g/mol. The molecule has 0 aliphatic rings. The molecule has 0 saturated heterocycles. The molecule has 0 heterocycles. The number of esters is 2. The van der Waals surface area contributed by atoms with Crippen molar-refractivity contribution < 1.29 is 42.1 Å². The Balaban J connectivity index is 2.40. The smallest absolute Gasteiger partial charge is 0.462 e. The van der Waals surface area contributed by atoms with Crippen LogP contribution in [0, 0.1) is 0 Å². The Morgan fingerprint density at radius 2 is 1.40 bits per heavy atom. The standard InChI is InChI=1S/C33H56NO8P/c1-5-6-7-8-9-10-11-12-13-14-15-16-20-23-32(35)39-28-31(29-41-43(37,38)40-27-26-34(2,3)4)42-33(36)25-24-30-21-18-17-19-22-30/h17-19,21-22,24-25,31H,5-16,20,23,26-29H2,1-4H3/p+1/t31-/m1/s1. The van der Waals surface area contributed by atoms with Gasteiger partial charge in [0.15, 0.2) is 6.10 Å². The average molecular weight is 627 g/mol. The first kappa shape index (κ1) is 39.0. The Labute approximate surface area is 260 Å². The van der Waals surface area contributed by atoms with Crippen LogP contribution >= 0.6 is 7.82 Å². The molecule has 0 amide bonds. The van der Waals surface area contributed by atoms with Crippen LogP contribution in [0.3, 0.4) is 0 Å². The van der Waals surface area contributed by atoms with Crippen LogP contribution in [0.5, 0.6) is 0 Å². The Morgan fingerprint density at radius 3 is 1.95 bits per heavy atom. The van der Waals surface area contributed by atoms with Crippen molar-refractivity contribution in [2.75, 3.05) is 47.5 Å². The van der Waals surface area contributed by atoms with Crippen molar-refractivity contribution in [1.82, 2.24) is 0 Å². The van der Waals surface area contributed by atoms with E-state index in [4.69, 9.17) is 18.5 Å². The quantitative estimate of drug-likeness (QED) is 0.0371. The Kier molecular flexibility index (Phi) is 21.2. The van der Waals surface area contributed by atoms with Gasteiger partial charge in [0, 0.05) is 12.5 Å².